The first kappa shape index (κ1) is 28.9. The molecule has 0 amide bonds. The quantitative estimate of drug-likeness (QED) is 0.195. The molecule has 1 heterocycles. The third kappa shape index (κ3) is 10.2. The SMILES string of the molecule is CCNC(=NCc1cccc(OCCN2CCOCC2)c1)NCC(CC)(CC)CCO.I. The second kappa shape index (κ2) is 16.5. The lowest BCUT2D eigenvalue weighted by atomic mass is 9.79. The standard InChI is InChI=1S/C24H42N4O3.HI/c1-4-24(5-2,10-14-29)20-27-23(25-6-3)26-19-21-8-7-9-22(18-21)31-17-13-28-11-15-30-16-12-28;/h7-9,18,29H,4-6,10-17,19-20H2,1-3H3,(H2,25,26,27);1H. The van der Waals surface area contributed by atoms with E-state index < -0.39 is 0 Å². The minimum atomic E-state index is 0. The fourth-order valence-electron chi connectivity index (χ4n) is 3.81. The molecule has 1 aromatic carbocycles. The van der Waals surface area contributed by atoms with E-state index in [0.29, 0.717) is 13.2 Å². The van der Waals surface area contributed by atoms with E-state index in [1.807, 2.05) is 12.1 Å². The van der Waals surface area contributed by atoms with Crippen molar-refractivity contribution >= 4 is 29.9 Å². The van der Waals surface area contributed by atoms with Gasteiger partial charge < -0.3 is 25.2 Å². The Morgan fingerprint density at radius 1 is 1.19 bits per heavy atom. The average Bonchev–Trinajstić information content (AvgIpc) is 2.81. The second-order valence-electron chi connectivity index (χ2n) is 8.18. The Morgan fingerprint density at radius 3 is 2.59 bits per heavy atom. The number of rotatable bonds is 13. The highest BCUT2D eigenvalue weighted by atomic mass is 127. The molecule has 184 valence electrons. The number of hydrogen-bond acceptors (Lipinski definition) is 5. The van der Waals surface area contributed by atoms with E-state index in [2.05, 4.69) is 48.4 Å². The first-order valence-corrected chi connectivity index (χ1v) is 11.8. The van der Waals surface area contributed by atoms with Gasteiger partial charge in [-0.25, -0.2) is 4.99 Å². The third-order valence-corrected chi connectivity index (χ3v) is 6.22. The Labute approximate surface area is 211 Å². The number of aliphatic hydroxyl groups is 1. The Kier molecular flexibility index (Phi) is 14.9. The molecule has 3 N–H and O–H groups in total. The maximum Gasteiger partial charge on any atom is 0.191 e. The normalized spacial score (nSPS) is 15.2. The van der Waals surface area contributed by atoms with Crippen LogP contribution in [0.5, 0.6) is 5.75 Å². The molecule has 32 heavy (non-hydrogen) atoms. The van der Waals surface area contributed by atoms with Crippen molar-refractivity contribution in [1.82, 2.24) is 15.5 Å². The molecular formula is C24H43IN4O3. The maximum atomic E-state index is 9.45. The van der Waals surface area contributed by atoms with E-state index in [1.165, 1.54) is 0 Å². The van der Waals surface area contributed by atoms with Crippen LogP contribution in [-0.2, 0) is 11.3 Å². The molecule has 2 rings (SSSR count). The minimum Gasteiger partial charge on any atom is -0.492 e. The van der Waals surface area contributed by atoms with Gasteiger partial charge in [0.15, 0.2) is 5.96 Å². The van der Waals surface area contributed by atoms with Crippen molar-refractivity contribution in [3.8, 4) is 5.75 Å². The highest BCUT2D eigenvalue weighted by molar-refractivity contribution is 14.0. The topological polar surface area (TPSA) is 78.4 Å². The van der Waals surface area contributed by atoms with Crippen LogP contribution in [0.15, 0.2) is 29.3 Å². The van der Waals surface area contributed by atoms with Crippen LogP contribution >= 0.6 is 24.0 Å². The Morgan fingerprint density at radius 2 is 1.94 bits per heavy atom. The van der Waals surface area contributed by atoms with Gasteiger partial charge in [0.25, 0.3) is 0 Å². The molecule has 0 spiro atoms. The van der Waals surface area contributed by atoms with Crippen molar-refractivity contribution < 1.29 is 14.6 Å². The van der Waals surface area contributed by atoms with Crippen LogP contribution in [0.25, 0.3) is 0 Å². The third-order valence-electron chi connectivity index (χ3n) is 6.22. The number of guanidine groups is 1. The van der Waals surface area contributed by atoms with E-state index in [0.717, 1.165) is 82.5 Å². The van der Waals surface area contributed by atoms with E-state index in [-0.39, 0.29) is 36.0 Å². The van der Waals surface area contributed by atoms with Crippen LogP contribution in [0.4, 0.5) is 0 Å². The fourth-order valence-corrected chi connectivity index (χ4v) is 3.81. The Hall–Kier alpha value is -1.10. The van der Waals surface area contributed by atoms with Gasteiger partial charge in [0, 0.05) is 39.3 Å². The number of morpholine rings is 1. The van der Waals surface area contributed by atoms with Crippen LogP contribution in [0.3, 0.4) is 0 Å². The van der Waals surface area contributed by atoms with E-state index in [1.54, 1.807) is 0 Å². The molecule has 0 aromatic heterocycles. The summed E-state index contributed by atoms with van der Waals surface area (Å²) in [5.41, 5.74) is 1.22. The lowest BCUT2D eigenvalue weighted by molar-refractivity contribution is 0.0322. The number of benzene rings is 1. The highest BCUT2D eigenvalue weighted by Crippen LogP contribution is 2.29. The zero-order valence-corrected chi connectivity index (χ0v) is 22.4. The number of hydrogen-bond donors (Lipinski definition) is 3. The summed E-state index contributed by atoms with van der Waals surface area (Å²) in [6.07, 6.45) is 2.86. The Bertz CT molecular complexity index is 650. The summed E-state index contributed by atoms with van der Waals surface area (Å²) < 4.78 is 11.4. The molecule has 0 radical (unpaired) electrons. The van der Waals surface area contributed by atoms with Crippen LogP contribution in [0.2, 0.25) is 0 Å². The molecule has 7 nitrogen and oxygen atoms in total. The van der Waals surface area contributed by atoms with Gasteiger partial charge in [0.1, 0.15) is 12.4 Å². The molecule has 1 aliphatic heterocycles. The fraction of sp³-hybridized carbons (Fsp3) is 0.708. The van der Waals surface area contributed by atoms with Crippen LogP contribution in [-0.4, -0.2) is 75.1 Å². The Balaban J connectivity index is 0.00000512. The molecule has 0 atom stereocenters. The summed E-state index contributed by atoms with van der Waals surface area (Å²) in [4.78, 5) is 7.14. The molecular weight excluding hydrogens is 519 g/mol. The summed E-state index contributed by atoms with van der Waals surface area (Å²) in [6.45, 7) is 14.0. The predicted molar refractivity (Wildman–Crippen MR) is 142 cm³/mol. The van der Waals surface area contributed by atoms with Crippen LogP contribution in [0, 0.1) is 5.41 Å². The number of nitrogens with one attached hydrogen (secondary N) is 2. The van der Waals surface area contributed by atoms with E-state index in [4.69, 9.17) is 14.5 Å². The highest BCUT2D eigenvalue weighted by Gasteiger charge is 2.25. The molecule has 0 aliphatic carbocycles. The molecule has 1 saturated heterocycles. The van der Waals surface area contributed by atoms with Crippen molar-refractivity contribution in [3.63, 3.8) is 0 Å². The van der Waals surface area contributed by atoms with Gasteiger partial charge in [-0.15, -0.1) is 24.0 Å². The van der Waals surface area contributed by atoms with E-state index >= 15 is 0 Å². The van der Waals surface area contributed by atoms with Gasteiger partial charge in [-0.05, 0) is 49.3 Å². The molecule has 1 aromatic rings. The van der Waals surface area contributed by atoms with Crippen molar-refractivity contribution in [2.45, 2.75) is 46.6 Å². The minimum absolute atomic E-state index is 0. The van der Waals surface area contributed by atoms with Gasteiger partial charge >= 0.3 is 0 Å². The summed E-state index contributed by atoms with van der Waals surface area (Å²) in [7, 11) is 0. The second-order valence-corrected chi connectivity index (χ2v) is 8.18. The van der Waals surface area contributed by atoms with Gasteiger partial charge in [-0.2, -0.15) is 0 Å². The number of aliphatic hydroxyl groups excluding tert-OH is 1. The zero-order chi connectivity index (χ0) is 22.4. The number of aliphatic imine (C=N–C) groups is 1. The number of halogens is 1. The zero-order valence-electron chi connectivity index (χ0n) is 20.1. The number of ether oxygens (including phenoxy) is 2. The number of nitrogens with zero attached hydrogens (tertiary/aromatic N) is 2. The van der Waals surface area contributed by atoms with Gasteiger partial charge in [-0.3, -0.25) is 4.90 Å². The molecule has 8 heteroatoms. The van der Waals surface area contributed by atoms with Crippen LogP contribution < -0.4 is 15.4 Å². The van der Waals surface area contributed by atoms with E-state index in [9.17, 15) is 5.11 Å². The van der Waals surface area contributed by atoms with Gasteiger partial charge in [0.05, 0.1) is 19.8 Å². The summed E-state index contributed by atoms with van der Waals surface area (Å²) in [5.74, 6) is 1.70. The summed E-state index contributed by atoms with van der Waals surface area (Å²) >= 11 is 0. The van der Waals surface area contributed by atoms with Crippen molar-refractivity contribution in [2.24, 2.45) is 10.4 Å². The lowest BCUT2D eigenvalue weighted by Crippen LogP contribution is -2.43. The lowest BCUT2D eigenvalue weighted by Gasteiger charge is -2.32. The van der Waals surface area contributed by atoms with Gasteiger partial charge in [-0.1, -0.05) is 26.0 Å². The monoisotopic (exact) mass is 562 g/mol. The predicted octanol–water partition coefficient (Wildman–Crippen LogP) is 3.26. The average molecular weight is 563 g/mol. The maximum absolute atomic E-state index is 9.45. The van der Waals surface area contributed by atoms with Crippen molar-refractivity contribution in [1.29, 1.82) is 0 Å². The molecule has 0 unspecified atom stereocenters. The summed E-state index contributed by atoms with van der Waals surface area (Å²) in [5, 5.41) is 16.3. The van der Waals surface area contributed by atoms with Crippen molar-refractivity contribution in [3.05, 3.63) is 29.8 Å². The molecule has 0 bridgehead atoms. The van der Waals surface area contributed by atoms with Gasteiger partial charge in [0.2, 0.25) is 0 Å². The van der Waals surface area contributed by atoms with Crippen LogP contribution in [0.1, 0.15) is 45.6 Å². The van der Waals surface area contributed by atoms with Crippen molar-refractivity contribution in [2.75, 3.05) is 59.2 Å². The molecule has 0 saturated carbocycles. The summed E-state index contributed by atoms with van der Waals surface area (Å²) in [6, 6.07) is 8.17. The molecule has 1 aliphatic rings. The smallest absolute Gasteiger partial charge is 0.191 e. The molecule has 1 fully saturated rings. The first-order valence-electron chi connectivity index (χ1n) is 11.8. The first-order chi connectivity index (χ1) is 15.1. The largest absolute Gasteiger partial charge is 0.492 e.